The Balaban J connectivity index is 2.63. The summed E-state index contributed by atoms with van der Waals surface area (Å²) in [5.41, 5.74) is 0.596. The van der Waals surface area contributed by atoms with Crippen LogP contribution in [0.5, 0.6) is 0 Å². The molecule has 0 aromatic heterocycles. The third-order valence-corrected chi connectivity index (χ3v) is 3.23. The van der Waals surface area contributed by atoms with Gasteiger partial charge in [-0.25, -0.2) is 0 Å². The van der Waals surface area contributed by atoms with Crippen molar-refractivity contribution < 1.29 is 9.72 Å². The lowest BCUT2D eigenvalue weighted by Crippen LogP contribution is -2.35. The van der Waals surface area contributed by atoms with Gasteiger partial charge in [-0.05, 0) is 19.1 Å². The Morgan fingerprint density at radius 2 is 2.21 bits per heavy atom. The van der Waals surface area contributed by atoms with Crippen molar-refractivity contribution in [3.8, 4) is 0 Å². The molecular weight excluding hydrogens is 314 g/mol. The van der Waals surface area contributed by atoms with Gasteiger partial charge in [-0.3, -0.25) is 14.9 Å². The van der Waals surface area contributed by atoms with Crippen LogP contribution in [-0.2, 0) is 11.3 Å². The van der Waals surface area contributed by atoms with Crippen molar-refractivity contribution in [2.75, 3.05) is 20.1 Å². The molecule has 0 fully saturated rings. The van der Waals surface area contributed by atoms with Crippen molar-refractivity contribution in [2.24, 2.45) is 0 Å². The van der Waals surface area contributed by atoms with Crippen molar-refractivity contribution in [2.45, 2.75) is 13.5 Å². The topological polar surface area (TPSA) is 75.5 Å². The third-order valence-electron chi connectivity index (χ3n) is 2.74. The molecule has 6 nitrogen and oxygen atoms in total. The maximum atomic E-state index is 11.6. The van der Waals surface area contributed by atoms with E-state index in [-0.39, 0.29) is 24.7 Å². The smallest absolute Gasteiger partial charge is 0.275 e. The Hall–Kier alpha value is -1.47. The van der Waals surface area contributed by atoms with Crippen molar-refractivity contribution >= 4 is 27.5 Å². The van der Waals surface area contributed by atoms with Crippen LogP contribution in [0.4, 0.5) is 5.69 Å². The molecule has 19 heavy (non-hydrogen) atoms. The highest BCUT2D eigenvalue weighted by Gasteiger charge is 2.14. The minimum atomic E-state index is -0.429. The summed E-state index contributed by atoms with van der Waals surface area (Å²) >= 11 is 3.20. The molecule has 7 heteroatoms. The number of hydrogen-bond donors (Lipinski definition) is 1. The molecule has 0 radical (unpaired) electrons. The fourth-order valence-corrected chi connectivity index (χ4v) is 1.82. The highest BCUT2D eigenvalue weighted by atomic mass is 79.9. The van der Waals surface area contributed by atoms with Gasteiger partial charge in [0.25, 0.3) is 5.69 Å². The van der Waals surface area contributed by atoms with Crippen molar-refractivity contribution in [3.05, 3.63) is 38.3 Å². The minimum Gasteiger partial charge on any atom is -0.345 e. The van der Waals surface area contributed by atoms with Gasteiger partial charge in [0.1, 0.15) is 0 Å². The van der Waals surface area contributed by atoms with E-state index in [1.54, 1.807) is 24.1 Å². The van der Waals surface area contributed by atoms with E-state index in [4.69, 9.17) is 0 Å². The molecule has 0 unspecified atom stereocenters. The number of halogens is 1. The van der Waals surface area contributed by atoms with Gasteiger partial charge in [0.2, 0.25) is 5.91 Å². The molecule has 0 aliphatic carbocycles. The SMILES string of the molecule is CCN(C)C(=O)CNCc1ccc(Br)cc1[N+](=O)[O-]. The number of hydrogen-bond acceptors (Lipinski definition) is 4. The van der Waals surface area contributed by atoms with Crippen LogP contribution >= 0.6 is 15.9 Å². The summed E-state index contributed by atoms with van der Waals surface area (Å²) in [6.07, 6.45) is 0. The highest BCUT2D eigenvalue weighted by Crippen LogP contribution is 2.23. The second-order valence-electron chi connectivity index (χ2n) is 4.04. The summed E-state index contributed by atoms with van der Waals surface area (Å²) in [6, 6.07) is 4.87. The summed E-state index contributed by atoms with van der Waals surface area (Å²) in [7, 11) is 1.71. The van der Waals surface area contributed by atoms with Gasteiger partial charge >= 0.3 is 0 Å². The largest absolute Gasteiger partial charge is 0.345 e. The Morgan fingerprint density at radius 1 is 1.53 bits per heavy atom. The Kier molecular flexibility index (Phi) is 5.91. The predicted octanol–water partition coefficient (Wildman–Crippen LogP) is 1.93. The van der Waals surface area contributed by atoms with E-state index in [9.17, 15) is 14.9 Å². The maximum absolute atomic E-state index is 11.6. The van der Waals surface area contributed by atoms with Crippen LogP contribution in [0.3, 0.4) is 0 Å². The van der Waals surface area contributed by atoms with Crippen molar-refractivity contribution in [3.63, 3.8) is 0 Å². The zero-order valence-corrected chi connectivity index (χ0v) is 12.4. The van der Waals surface area contributed by atoms with E-state index in [0.717, 1.165) is 0 Å². The number of nitrogens with zero attached hydrogens (tertiary/aromatic N) is 2. The van der Waals surface area contributed by atoms with Gasteiger partial charge in [-0.15, -0.1) is 0 Å². The number of nitrogens with one attached hydrogen (secondary N) is 1. The Bertz CT molecular complexity index is 479. The van der Waals surface area contributed by atoms with Gasteiger partial charge in [0.15, 0.2) is 0 Å². The van der Waals surface area contributed by atoms with E-state index in [0.29, 0.717) is 16.6 Å². The molecule has 0 heterocycles. The van der Waals surface area contributed by atoms with Crippen LogP contribution in [-0.4, -0.2) is 35.9 Å². The molecule has 0 saturated carbocycles. The molecule has 0 atom stereocenters. The number of nitro groups is 1. The number of likely N-dealkylation sites (N-methyl/N-ethyl adjacent to an activating group) is 1. The fraction of sp³-hybridized carbons (Fsp3) is 0.417. The van der Waals surface area contributed by atoms with Crippen LogP contribution in [0, 0.1) is 10.1 Å². The molecule has 1 rings (SSSR count). The first kappa shape index (κ1) is 15.6. The lowest BCUT2D eigenvalue weighted by molar-refractivity contribution is -0.385. The van der Waals surface area contributed by atoms with Gasteiger partial charge < -0.3 is 10.2 Å². The molecule has 104 valence electrons. The number of carbonyl (C=O) groups excluding carboxylic acids is 1. The molecule has 1 aromatic rings. The van der Waals surface area contributed by atoms with E-state index in [1.807, 2.05) is 6.92 Å². The molecule has 0 aliphatic rings. The van der Waals surface area contributed by atoms with E-state index in [1.165, 1.54) is 6.07 Å². The zero-order chi connectivity index (χ0) is 14.4. The molecule has 1 N–H and O–H groups in total. The van der Waals surface area contributed by atoms with E-state index >= 15 is 0 Å². The standard InChI is InChI=1S/C12H16BrN3O3/c1-3-15(2)12(17)8-14-7-9-4-5-10(13)6-11(9)16(18)19/h4-6,14H,3,7-8H2,1-2H3. The second kappa shape index (κ2) is 7.20. The monoisotopic (exact) mass is 329 g/mol. The summed E-state index contributed by atoms with van der Waals surface area (Å²) < 4.78 is 0.657. The summed E-state index contributed by atoms with van der Waals surface area (Å²) in [4.78, 5) is 23.6. The maximum Gasteiger partial charge on any atom is 0.275 e. The van der Waals surface area contributed by atoms with Crippen molar-refractivity contribution in [1.82, 2.24) is 10.2 Å². The lowest BCUT2D eigenvalue weighted by Gasteiger charge is -2.14. The first-order valence-corrected chi connectivity index (χ1v) is 6.62. The zero-order valence-electron chi connectivity index (χ0n) is 10.9. The first-order chi connectivity index (χ1) is 8.95. The molecule has 0 aliphatic heterocycles. The first-order valence-electron chi connectivity index (χ1n) is 5.83. The van der Waals surface area contributed by atoms with Crippen LogP contribution in [0.1, 0.15) is 12.5 Å². The number of amides is 1. The molecule has 1 amide bonds. The average molecular weight is 330 g/mol. The average Bonchev–Trinajstić information content (AvgIpc) is 2.38. The summed E-state index contributed by atoms with van der Waals surface area (Å²) in [5.74, 6) is -0.0396. The van der Waals surface area contributed by atoms with Gasteiger partial charge in [-0.1, -0.05) is 15.9 Å². The van der Waals surface area contributed by atoms with Gasteiger partial charge in [0, 0.05) is 36.2 Å². The fourth-order valence-electron chi connectivity index (χ4n) is 1.47. The van der Waals surface area contributed by atoms with E-state index in [2.05, 4.69) is 21.2 Å². The second-order valence-corrected chi connectivity index (χ2v) is 4.96. The quantitative estimate of drug-likeness (QED) is 0.639. The molecule has 0 bridgehead atoms. The number of carbonyl (C=O) groups is 1. The summed E-state index contributed by atoms with van der Waals surface area (Å²) in [5, 5.41) is 13.8. The Labute approximate surface area is 120 Å². The van der Waals surface area contributed by atoms with Crippen LogP contribution in [0.25, 0.3) is 0 Å². The van der Waals surface area contributed by atoms with Crippen molar-refractivity contribution in [1.29, 1.82) is 0 Å². The minimum absolute atomic E-state index is 0.0396. The lowest BCUT2D eigenvalue weighted by atomic mass is 10.2. The molecular formula is C12H16BrN3O3. The van der Waals surface area contributed by atoms with E-state index < -0.39 is 4.92 Å². The predicted molar refractivity (Wildman–Crippen MR) is 75.8 cm³/mol. The summed E-state index contributed by atoms with van der Waals surface area (Å²) in [6.45, 7) is 2.97. The van der Waals surface area contributed by atoms with Crippen LogP contribution < -0.4 is 5.32 Å². The normalized spacial score (nSPS) is 10.3. The molecule has 1 aromatic carbocycles. The molecule has 0 saturated heterocycles. The van der Waals surface area contributed by atoms with Gasteiger partial charge in [0.05, 0.1) is 11.5 Å². The third kappa shape index (κ3) is 4.60. The van der Waals surface area contributed by atoms with Gasteiger partial charge in [-0.2, -0.15) is 0 Å². The molecule has 0 spiro atoms. The highest BCUT2D eigenvalue weighted by molar-refractivity contribution is 9.10. The van der Waals surface area contributed by atoms with Crippen LogP contribution in [0.15, 0.2) is 22.7 Å². The number of nitro benzene ring substituents is 1. The number of rotatable bonds is 6. The van der Waals surface area contributed by atoms with Crippen LogP contribution in [0.2, 0.25) is 0 Å². The number of benzene rings is 1. The Morgan fingerprint density at radius 3 is 2.79 bits per heavy atom.